The molecule has 5 nitrogen and oxygen atoms in total. The van der Waals surface area contributed by atoms with Crippen molar-refractivity contribution in [1.82, 2.24) is 10.1 Å². The van der Waals surface area contributed by atoms with E-state index >= 15 is 0 Å². The predicted octanol–water partition coefficient (Wildman–Crippen LogP) is 4.09. The topological polar surface area (TPSA) is 63.3 Å². The van der Waals surface area contributed by atoms with Gasteiger partial charge in [0.2, 0.25) is 0 Å². The third-order valence-electron chi connectivity index (χ3n) is 4.08. The van der Waals surface area contributed by atoms with Crippen LogP contribution in [0.4, 0.5) is 5.82 Å². The lowest BCUT2D eigenvalue weighted by molar-refractivity contribution is 0.382. The Labute approximate surface area is 144 Å². The van der Waals surface area contributed by atoms with E-state index in [2.05, 4.69) is 10.5 Å². The predicted molar refractivity (Wildman–Crippen MR) is 94.8 cm³/mol. The van der Waals surface area contributed by atoms with Crippen LogP contribution in [0.15, 0.2) is 45.9 Å². The summed E-state index contributed by atoms with van der Waals surface area (Å²) < 4.78 is 5.46. The molecule has 1 aromatic carbocycles. The van der Waals surface area contributed by atoms with Gasteiger partial charge >= 0.3 is 0 Å². The fraction of sp³-hybridized carbons (Fsp3) is 0.167. The van der Waals surface area contributed by atoms with Crippen molar-refractivity contribution in [2.75, 3.05) is 12.4 Å². The summed E-state index contributed by atoms with van der Waals surface area (Å²) in [6, 6.07) is 11.6. The summed E-state index contributed by atoms with van der Waals surface area (Å²) >= 11 is 6.02. The van der Waals surface area contributed by atoms with Crippen molar-refractivity contribution < 1.29 is 4.52 Å². The third-order valence-corrected chi connectivity index (χ3v) is 4.33. The van der Waals surface area contributed by atoms with Crippen molar-refractivity contribution in [1.29, 1.82) is 0 Å². The number of nitrogens with zero attached hydrogens (tertiary/aromatic N) is 3. The number of benzene rings is 1. The first-order chi connectivity index (χ1) is 11.7. The molecular formula is C18H15ClN4O. The molecule has 0 aliphatic carbocycles. The van der Waals surface area contributed by atoms with E-state index in [4.69, 9.17) is 26.1 Å². The maximum Gasteiger partial charge on any atom is 0.166 e. The quantitative estimate of drug-likeness (QED) is 0.764. The first-order valence-electron chi connectivity index (χ1n) is 7.62. The molecule has 3 aromatic rings. The molecule has 0 saturated carbocycles. The molecule has 2 aromatic heterocycles. The summed E-state index contributed by atoms with van der Waals surface area (Å²) in [5.41, 5.74) is 5.41. The molecule has 1 aliphatic rings. The maximum absolute atomic E-state index is 6.02. The van der Waals surface area contributed by atoms with Gasteiger partial charge in [-0.2, -0.15) is 0 Å². The van der Waals surface area contributed by atoms with Gasteiger partial charge in [-0.05, 0) is 31.2 Å². The van der Waals surface area contributed by atoms with E-state index in [1.807, 2.05) is 50.4 Å². The van der Waals surface area contributed by atoms with Crippen molar-refractivity contribution >= 4 is 23.1 Å². The molecular weight excluding hydrogens is 324 g/mol. The van der Waals surface area contributed by atoms with Crippen molar-refractivity contribution in [2.24, 2.45) is 4.99 Å². The van der Waals surface area contributed by atoms with Crippen molar-refractivity contribution in [2.45, 2.75) is 13.5 Å². The van der Waals surface area contributed by atoms with Gasteiger partial charge in [0.1, 0.15) is 12.4 Å². The molecule has 0 atom stereocenters. The van der Waals surface area contributed by atoms with Crippen LogP contribution in [0.25, 0.3) is 11.1 Å². The summed E-state index contributed by atoms with van der Waals surface area (Å²) in [6.45, 7) is 2.37. The van der Waals surface area contributed by atoms with Crippen molar-refractivity contribution in [3.8, 4) is 11.1 Å². The lowest BCUT2D eigenvalue weighted by atomic mass is 9.97. The van der Waals surface area contributed by atoms with Gasteiger partial charge in [-0.15, -0.1) is 0 Å². The Bertz CT molecular complexity index is 944. The van der Waals surface area contributed by atoms with E-state index in [0.29, 0.717) is 11.6 Å². The number of aryl methyl sites for hydroxylation is 1. The van der Waals surface area contributed by atoms with Gasteiger partial charge in [0, 0.05) is 23.2 Å². The first-order valence-corrected chi connectivity index (χ1v) is 8.00. The van der Waals surface area contributed by atoms with E-state index in [9.17, 15) is 0 Å². The summed E-state index contributed by atoms with van der Waals surface area (Å²) in [4.78, 5) is 9.49. The van der Waals surface area contributed by atoms with Crippen molar-refractivity contribution in [3.05, 3.63) is 64.1 Å². The van der Waals surface area contributed by atoms with Gasteiger partial charge in [0.05, 0.1) is 22.7 Å². The summed E-state index contributed by atoms with van der Waals surface area (Å²) in [7, 11) is 1.85. The molecule has 0 bridgehead atoms. The maximum atomic E-state index is 6.02. The fourth-order valence-corrected chi connectivity index (χ4v) is 3.04. The molecule has 3 heterocycles. The second-order valence-corrected chi connectivity index (χ2v) is 6.02. The second kappa shape index (κ2) is 5.76. The number of rotatable bonds is 2. The highest BCUT2D eigenvalue weighted by atomic mass is 35.5. The average molecular weight is 339 g/mol. The van der Waals surface area contributed by atoms with E-state index in [1.165, 1.54) is 0 Å². The molecule has 0 radical (unpaired) electrons. The molecule has 6 heteroatoms. The van der Waals surface area contributed by atoms with Crippen LogP contribution in [0.2, 0.25) is 5.02 Å². The molecule has 0 amide bonds. The van der Waals surface area contributed by atoms with Gasteiger partial charge in [0.15, 0.2) is 5.76 Å². The fourth-order valence-electron chi connectivity index (χ4n) is 2.91. The Morgan fingerprint density at radius 1 is 1.12 bits per heavy atom. The van der Waals surface area contributed by atoms with E-state index in [0.717, 1.165) is 45.4 Å². The monoisotopic (exact) mass is 338 g/mol. The van der Waals surface area contributed by atoms with Crippen LogP contribution in [0, 0.1) is 6.92 Å². The summed E-state index contributed by atoms with van der Waals surface area (Å²) in [6.07, 6.45) is 0. The highest BCUT2D eigenvalue weighted by Gasteiger charge is 2.25. The minimum Gasteiger partial charge on any atom is -0.373 e. The Morgan fingerprint density at radius 3 is 2.67 bits per heavy atom. The Balaban J connectivity index is 1.97. The minimum atomic E-state index is 0.430. The van der Waals surface area contributed by atoms with Crippen LogP contribution in [-0.2, 0) is 6.54 Å². The minimum absolute atomic E-state index is 0.430. The molecule has 1 N–H and O–H groups in total. The molecule has 4 rings (SSSR count). The lowest BCUT2D eigenvalue weighted by Crippen LogP contribution is -2.09. The number of hydrogen-bond acceptors (Lipinski definition) is 5. The molecule has 120 valence electrons. The zero-order valence-electron chi connectivity index (χ0n) is 13.3. The number of halogens is 1. The van der Waals surface area contributed by atoms with E-state index < -0.39 is 0 Å². The van der Waals surface area contributed by atoms with Crippen molar-refractivity contribution in [3.63, 3.8) is 0 Å². The number of aromatic nitrogens is 2. The van der Waals surface area contributed by atoms with Crippen LogP contribution in [0.3, 0.4) is 0 Å². The number of fused-ring (bicyclic) bond motifs is 3. The largest absolute Gasteiger partial charge is 0.373 e. The number of hydrogen-bond donors (Lipinski definition) is 1. The molecule has 0 fully saturated rings. The van der Waals surface area contributed by atoms with Crippen LogP contribution in [-0.4, -0.2) is 22.9 Å². The standard InChI is InChI=1S/C18H15ClN4O/c1-10-16-13-7-8-15(20-2)22-18(13)17(21-9-14(16)24-23-10)11-3-5-12(19)6-4-11/h3-8H,9H2,1-2H3,(H,20,22). The third kappa shape index (κ3) is 2.37. The first kappa shape index (κ1) is 14.9. The summed E-state index contributed by atoms with van der Waals surface area (Å²) in [5.74, 6) is 1.55. The Hall–Kier alpha value is -2.66. The normalized spacial score (nSPS) is 12.9. The Kier molecular flexibility index (Phi) is 3.58. The zero-order chi connectivity index (χ0) is 16.7. The molecule has 0 saturated heterocycles. The average Bonchev–Trinajstić information content (AvgIpc) is 2.88. The van der Waals surface area contributed by atoms with E-state index in [1.54, 1.807) is 0 Å². The summed E-state index contributed by atoms with van der Waals surface area (Å²) in [5, 5.41) is 7.86. The zero-order valence-corrected chi connectivity index (χ0v) is 14.1. The van der Waals surface area contributed by atoms with Gasteiger partial charge < -0.3 is 9.84 Å². The van der Waals surface area contributed by atoms with Gasteiger partial charge in [0.25, 0.3) is 0 Å². The number of aliphatic imine (C=N–C) groups is 1. The number of nitrogens with one attached hydrogen (secondary N) is 1. The molecule has 0 spiro atoms. The van der Waals surface area contributed by atoms with Crippen LogP contribution < -0.4 is 5.32 Å². The van der Waals surface area contributed by atoms with Crippen LogP contribution in [0.1, 0.15) is 22.7 Å². The number of pyridine rings is 1. The highest BCUT2D eigenvalue weighted by Crippen LogP contribution is 2.34. The smallest absolute Gasteiger partial charge is 0.166 e. The van der Waals surface area contributed by atoms with Crippen LogP contribution >= 0.6 is 11.6 Å². The lowest BCUT2D eigenvalue weighted by Gasteiger charge is -2.11. The van der Waals surface area contributed by atoms with Crippen LogP contribution in [0.5, 0.6) is 0 Å². The van der Waals surface area contributed by atoms with Gasteiger partial charge in [-0.3, -0.25) is 4.99 Å². The molecule has 24 heavy (non-hydrogen) atoms. The number of anilines is 1. The van der Waals surface area contributed by atoms with E-state index in [-0.39, 0.29) is 0 Å². The molecule has 1 aliphatic heterocycles. The highest BCUT2D eigenvalue weighted by molar-refractivity contribution is 6.30. The molecule has 0 unspecified atom stereocenters. The van der Waals surface area contributed by atoms with Gasteiger partial charge in [-0.25, -0.2) is 4.98 Å². The SMILES string of the molecule is CNc1ccc2c(n1)C(c1ccc(Cl)cc1)=NCc1onc(C)c1-2. The second-order valence-electron chi connectivity index (χ2n) is 5.58. The van der Waals surface area contributed by atoms with Gasteiger partial charge in [-0.1, -0.05) is 28.9 Å². The Morgan fingerprint density at radius 2 is 1.92 bits per heavy atom.